The molecule has 0 saturated carbocycles. The fourth-order valence-electron chi connectivity index (χ4n) is 1.75. The lowest BCUT2D eigenvalue weighted by molar-refractivity contribution is -0.384. The molecule has 0 aromatic heterocycles. The third-order valence-corrected chi connectivity index (χ3v) is 2.78. The molecule has 1 aromatic carbocycles. The van der Waals surface area contributed by atoms with Gasteiger partial charge in [-0.2, -0.15) is 0 Å². The summed E-state index contributed by atoms with van der Waals surface area (Å²) in [6.45, 7) is 5.14. The van der Waals surface area contributed by atoms with E-state index in [9.17, 15) is 20.0 Å². The number of hydrogen-bond donors (Lipinski definition) is 3. The molecule has 8 nitrogen and oxygen atoms in total. The minimum absolute atomic E-state index is 0.0165. The number of aliphatic hydroxyl groups is 1. The van der Waals surface area contributed by atoms with E-state index in [-0.39, 0.29) is 12.2 Å². The van der Waals surface area contributed by atoms with Crippen LogP contribution < -0.4 is 11.1 Å². The summed E-state index contributed by atoms with van der Waals surface area (Å²) >= 11 is 0. The van der Waals surface area contributed by atoms with Crippen LogP contribution in [0.4, 0.5) is 10.5 Å². The number of ether oxygens (including phenoxy) is 1. The Morgan fingerprint density at radius 1 is 1.41 bits per heavy atom. The molecule has 0 aliphatic heterocycles. The summed E-state index contributed by atoms with van der Waals surface area (Å²) in [6, 6.07) is 4.63. The van der Waals surface area contributed by atoms with Crippen LogP contribution in [-0.4, -0.2) is 34.3 Å². The number of carbonyl (C=O) groups excluding carboxylic acids is 1. The normalized spacial score (nSPS) is 14.0. The minimum Gasteiger partial charge on any atom is -0.444 e. The fraction of sp³-hybridized carbons (Fsp3) is 0.500. The number of nitro benzene ring substituents is 1. The Morgan fingerprint density at radius 2 is 1.95 bits per heavy atom. The first kappa shape index (κ1) is 17.9. The second kappa shape index (κ2) is 7.19. The molecule has 4 N–H and O–H groups in total. The number of rotatable bonds is 5. The summed E-state index contributed by atoms with van der Waals surface area (Å²) in [6.07, 6.45) is -1.79. The van der Waals surface area contributed by atoms with Crippen molar-refractivity contribution in [2.45, 2.75) is 38.5 Å². The lowest BCUT2D eigenvalue weighted by Crippen LogP contribution is -2.46. The van der Waals surface area contributed by atoms with Crippen LogP contribution in [0.1, 0.15) is 32.4 Å². The van der Waals surface area contributed by atoms with Gasteiger partial charge >= 0.3 is 6.09 Å². The third kappa shape index (κ3) is 5.30. The molecule has 1 rings (SSSR count). The molecule has 0 bridgehead atoms. The average Bonchev–Trinajstić information content (AvgIpc) is 2.42. The van der Waals surface area contributed by atoms with E-state index in [2.05, 4.69) is 5.32 Å². The van der Waals surface area contributed by atoms with Crippen molar-refractivity contribution in [3.05, 3.63) is 39.9 Å². The van der Waals surface area contributed by atoms with E-state index >= 15 is 0 Å². The number of aliphatic hydroxyl groups excluding tert-OH is 1. The van der Waals surface area contributed by atoms with Crippen molar-refractivity contribution in [3.8, 4) is 0 Å². The Hall–Kier alpha value is -2.19. The van der Waals surface area contributed by atoms with Crippen LogP contribution in [0.2, 0.25) is 0 Å². The highest BCUT2D eigenvalue weighted by Crippen LogP contribution is 2.20. The van der Waals surface area contributed by atoms with Crippen molar-refractivity contribution < 1.29 is 19.6 Å². The molecule has 0 radical (unpaired) electrons. The number of benzene rings is 1. The Kier molecular flexibility index (Phi) is 5.84. The van der Waals surface area contributed by atoms with Crippen LogP contribution in [0.15, 0.2) is 24.3 Å². The highest BCUT2D eigenvalue weighted by atomic mass is 16.6. The topological polar surface area (TPSA) is 128 Å². The highest BCUT2D eigenvalue weighted by molar-refractivity contribution is 5.68. The van der Waals surface area contributed by atoms with Gasteiger partial charge in [-0.05, 0) is 38.5 Å². The second-order valence-corrected chi connectivity index (χ2v) is 5.78. The molecule has 8 heteroatoms. The summed E-state index contributed by atoms with van der Waals surface area (Å²) in [5.74, 6) is 0. The molecule has 22 heavy (non-hydrogen) atoms. The zero-order valence-electron chi connectivity index (χ0n) is 12.8. The SMILES string of the molecule is CC(C)(C)OC(=O)N[C@@H](CN)[C@@H](O)c1ccc([N+](=O)[O-])cc1. The zero-order valence-corrected chi connectivity index (χ0v) is 12.8. The average molecular weight is 311 g/mol. The van der Waals surface area contributed by atoms with Crippen molar-refractivity contribution in [3.63, 3.8) is 0 Å². The van der Waals surface area contributed by atoms with Crippen LogP contribution in [0, 0.1) is 10.1 Å². The van der Waals surface area contributed by atoms with Gasteiger partial charge in [0, 0.05) is 18.7 Å². The molecule has 0 unspecified atom stereocenters. The Balaban J connectivity index is 2.77. The molecule has 0 aliphatic rings. The van der Waals surface area contributed by atoms with Gasteiger partial charge in [0.15, 0.2) is 0 Å². The Bertz CT molecular complexity index is 524. The predicted octanol–water partition coefficient (Wildman–Crippen LogP) is 1.48. The number of nitrogens with two attached hydrogens (primary N) is 1. The number of nitro groups is 1. The lowest BCUT2D eigenvalue weighted by atomic mass is 10.0. The van der Waals surface area contributed by atoms with E-state index in [1.165, 1.54) is 24.3 Å². The number of non-ortho nitro benzene ring substituents is 1. The monoisotopic (exact) mass is 311 g/mol. The molecule has 0 fully saturated rings. The van der Waals surface area contributed by atoms with Gasteiger partial charge in [-0.25, -0.2) is 4.79 Å². The molecular formula is C14H21N3O5. The first-order valence-electron chi connectivity index (χ1n) is 6.76. The van der Waals surface area contributed by atoms with E-state index in [0.717, 1.165) is 0 Å². The smallest absolute Gasteiger partial charge is 0.408 e. The first-order valence-corrected chi connectivity index (χ1v) is 6.76. The molecule has 0 aliphatic carbocycles. The first-order chi connectivity index (χ1) is 10.1. The largest absolute Gasteiger partial charge is 0.444 e. The fourth-order valence-corrected chi connectivity index (χ4v) is 1.75. The van der Waals surface area contributed by atoms with Gasteiger partial charge in [-0.1, -0.05) is 0 Å². The number of amides is 1. The zero-order chi connectivity index (χ0) is 16.9. The lowest BCUT2D eigenvalue weighted by Gasteiger charge is -2.26. The van der Waals surface area contributed by atoms with Crippen LogP contribution in [-0.2, 0) is 4.74 Å². The molecule has 2 atom stereocenters. The van der Waals surface area contributed by atoms with Gasteiger partial charge in [-0.3, -0.25) is 10.1 Å². The number of hydrogen-bond acceptors (Lipinski definition) is 6. The minimum atomic E-state index is -1.10. The van der Waals surface area contributed by atoms with E-state index in [1.807, 2.05) is 0 Å². The van der Waals surface area contributed by atoms with Gasteiger partial charge < -0.3 is 20.9 Å². The molecule has 0 saturated heterocycles. The number of nitrogens with one attached hydrogen (secondary N) is 1. The summed E-state index contributed by atoms with van der Waals surface area (Å²) in [5.41, 5.74) is 5.23. The molecule has 122 valence electrons. The Labute approximate surface area is 128 Å². The molecule has 0 heterocycles. The van der Waals surface area contributed by atoms with Gasteiger partial charge in [0.2, 0.25) is 0 Å². The van der Waals surface area contributed by atoms with Crippen molar-refractivity contribution in [2.24, 2.45) is 5.73 Å². The van der Waals surface area contributed by atoms with Crippen LogP contribution in [0.25, 0.3) is 0 Å². The summed E-state index contributed by atoms with van der Waals surface area (Å²) in [7, 11) is 0. The van der Waals surface area contributed by atoms with Crippen molar-refractivity contribution >= 4 is 11.8 Å². The number of nitrogens with zero attached hydrogens (tertiary/aromatic N) is 1. The van der Waals surface area contributed by atoms with E-state index in [1.54, 1.807) is 20.8 Å². The maximum atomic E-state index is 11.7. The quantitative estimate of drug-likeness (QED) is 0.558. The van der Waals surface area contributed by atoms with Crippen LogP contribution in [0.3, 0.4) is 0 Å². The van der Waals surface area contributed by atoms with Gasteiger partial charge in [-0.15, -0.1) is 0 Å². The van der Waals surface area contributed by atoms with E-state index < -0.39 is 28.8 Å². The Morgan fingerprint density at radius 3 is 2.36 bits per heavy atom. The summed E-state index contributed by atoms with van der Waals surface area (Å²) in [5, 5.41) is 23.3. The van der Waals surface area contributed by atoms with Gasteiger partial charge in [0.1, 0.15) is 11.7 Å². The van der Waals surface area contributed by atoms with Crippen LogP contribution in [0.5, 0.6) is 0 Å². The third-order valence-electron chi connectivity index (χ3n) is 2.78. The highest BCUT2D eigenvalue weighted by Gasteiger charge is 2.25. The second-order valence-electron chi connectivity index (χ2n) is 5.78. The van der Waals surface area contributed by atoms with Crippen molar-refractivity contribution in [1.29, 1.82) is 0 Å². The van der Waals surface area contributed by atoms with E-state index in [0.29, 0.717) is 5.56 Å². The van der Waals surface area contributed by atoms with Gasteiger partial charge in [0.05, 0.1) is 11.0 Å². The predicted molar refractivity (Wildman–Crippen MR) is 80.3 cm³/mol. The maximum Gasteiger partial charge on any atom is 0.408 e. The van der Waals surface area contributed by atoms with Gasteiger partial charge in [0.25, 0.3) is 5.69 Å². The maximum absolute atomic E-state index is 11.7. The standard InChI is InChI=1S/C14H21N3O5/c1-14(2,3)22-13(19)16-11(8-15)12(18)9-4-6-10(7-5-9)17(20)21/h4-7,11-12,18H,8,15H2,1-3H3,(H,16,19)/t11-,12-/m0/s1. The van der Waals surface area contributed by atoms with E-state index in [4.69, 9.17) is 10.5 Å². The number of carbonyl (C=O) groups is 1. The molecular weight excluding hydrogens is 290 g/mol. The molecule has 1 amide bonds. The molecule has 0 spiro atoms. The summed E-state index contributed by atoms with van der Waals surface area (Å²) in [4.78, 5) is 21.8. The number of alkyl carbamates (subject to hydrolysis) is 1. The van der Waals surface area contributed by atoms with Crippen LogP contribution >= 0.6 is 0 Å². The van der Waals surface area contributed by atoms with Crippen molar-refractivity contribution in [1.82, 2.24) is 5.32 Å². The van der Waals surface area contributed by atoms with Crippen molar-refractivity contribution in [2.75, 3.05) is 6.54 Å². The molecule has 1 aromatic rings. The summed E-state index contributed by atoms with van der Waals surface area (Å²) < 4.78 is 5.10.